The molecule has 0 amide bonds. The van der Waals surface area contributed by atoms with E-state index in [1.54, 1.807) is 0 Å². The van der Waals surface area contributed by atoms with Crippen molar-refractivity contribution in [2.45, 2.75) is 26.2 Å². The summed E-state index contributed by atoms with van der Waals surface area (Å²) in [6, 6.07) is 19.1. The fourth-order valence-corrected chi connectivity index (χ4v) is 3.32. The van der Waals surface area contributed by atoms with Crippen molar-refractivity contribution in [3.8, 4) is 11.3 Å². The molecule has 2 heterocycles. The fourth-order valence-electron chi connectivity index (χ4n) is 3.32. The Hall–Kier alpha value is -2.61. The van der Waals surface area contributed by atoms with Gasteiger partial charge in [-0.2, -0.15) is 0 Å². The van der Waals surface area contributed by atoms with Gasteiger partial charge in [0.05, 0.1) is 11.2 Å². The van der Waals surface area contributed by atoms with E-state index in [0.29, 0.717) is 0 Å². The number of pyridine rings is 1. The van der Waals surface area contributed by atoms with Gasteiger partial charge in [-0.1, -0.05) is 57.2 Å². The second-order valence-corrected chi connectivity index (χ2v) is 7.05. The molecule has 23 heavy (non-hydrogen) atoms. The number of H-pyrrole nitrogens is 1. The largest absolute Gasteiger partial charge is 0.354 e. The minimum absolute atomic E-state index is 0.0539. The second-order valence-electron chi connectivity index (χ2n) is 7.05. The van der Waals surface area contributed by atoms with Crippen LogP contribution in [0.2, 0.25) is 0 Å². The number of aromatic amines is 1. The third-order valence-corrected chi connectivity index (χ3v) is 4.41. The molecule has 2 aromatic carbocycles. The van der Waals surface area contributed by atoms with Crippen molar-refractivity contribution in [1.82, 2.24) is 9.97 Å². The number of hydrogen-bond acceptors (Lipinski definition) is 1. The number of hydrogen-bond donors (Lipinski definition) is 1. The maximum Gasteiger partial charge on any atom is 0.0726 e. The van der Waals surface area contributed by atoms with Gasteiger partial charge in [0.2, 0.25) is 0 Å². The zero-order chi connectivity index (χ0) is 16.0. The highest BCUT2D eigenvalue weighted by Crippen LogP contribution is 2.39. The molecule has 0 aliphatic rings. The van der Waals surface area contributed by atoms with E-state index in [0.717, 1.165) is 5.69 Å². The Morgan fingerprint density at radius 2 is 1.61 bits per heavy atom. The molecule has 0 radical (unpaired) electrons. The monoisotopic (exact) mass is 300 g/mol. The predicted octanol–water partition coefficient (Wildman–Crippen LogP) is 5.68. The standard InChI is InChI=1S/C21H20N2/c1-21(2,3)16-12-11-15-14-8-4-5-9-17(14)23-20(15)19(16)18-10-6-7-13-22-18/h4-13,23H,1-3H3. The lowest BCUT2D eigenvalue weighted by Gasteiger charge is -2.23. The SMILES string of the molecule is CC(C)(C)c1ccc2c([nH]c3ccccc32)c1-c1ccccn1. The van der Waals surface area contributed by atoms with Gasteiger partial charge in [-0.25, -0.2) is 0 Å². The van der Waals surface area contributed by atoms with E-state index in [1.807, 2.05) is 12.3 Å². The van der Waals surface area contributed by atoms with Crippen LogP contribution in [0.1, 0.15) is 26.3 Å². The average Bonchev–Trinajstić information content (AvgIpc) is 2.92. The van der Waals surface area contributed by atoms with Gasteiger partial charge in [0, 0.05) is 28.0 Å². The Labute approximate surface area is 136 Å². The van der Waals surface area contributed by atoms with Crippen molar-refractivity contribution in [2.24, 2.45) is 0 Å². The van der Waals surface area contributed by atoms with E-state index in [1.165, 1.54) is 32.9 Å². The summed E-state index contributed by atoms with van der Waals surface area (Å²) in [6.07, 6.45) is 1.86. The third kappa shape index (κ3) is 2.22. The molecule has 0 unspecified atom stereocenters. The number of fused-ring (bicyclic) bond motifs is 3. The lowest BCUT2D eigenvalue weighted by Crippen LogP contribution is -2.13. The van der Waals surface area contributed by atoms with Crippen LogP contribution in [-0.4, -0.2) is 9.97 Å². The molecule has 0 atom stereocenters. The molecular weight excluding hydrogens is 280 g/mol. The molecule has 0 fully saturated rings. The van der Waals surface area contributed by atoms with Crippen molar-refractivity contribution >= 4 is 21.8 Å². The maximum atomic E-state index is 4.62. The van der Waals surface area contributed by atoms with E-state index in [9.17, 15) is 0 Å². The summed E-state index contributed by atoms with van der Waals surface area (Å²) < 4.78 is 0. The quantitative estimate of drug-likeness (QED) is 0.481. The normalized spacial score (nSPS) is 12.1. The molecule has 4 aromatic rings. The van der Waals surface area contributed by atoms with Crippen LogP contribution in [0.4, 0.5) is 0 Å². The van der Waals surface area contributed by atoms with E-state index in [4.69, 9.17) is 0 Å². The van der Waals surface area contributed by atoms with E-state index >= 15 is 0 Å². The number of nitrogens with zero attached hydrogens (tertiary/aromatic N) is 1. The molecule has 114 valence electrons. The van der Waals surface area contributed by atoms with Gasteiger partial charge < -0.3 is 4.98 Å². The zero-order valence-electron chi connectivity index (χ0n) is 13.7. The van der Waals surface area contributed by atoms with E-state index in [-0.39, 0.29) is 5.41 Å². The minimum atomic E-state index is 0.0539. The second kappa shape index (κ2) is 4.95. The molecule has 0 aliphatic heterocycles. The van der Waals surface area contributed by atoms with Crippen molar-refractivity contribution in [1.29, 1.82) is 0 Å². The predicted molar refractivity (Wildman–Crippen MR) is 97.7 cm³/mol. The minimum Gasteiger partial charge on any atom is -0.354 e. The van der Waals surface area contributed by atoms with Crippen LogP contribution in [-0.2, 0) is 5.41 Å². The molecule has 4 rings (SSSR count). The Balaban J connectivity index is 2.18. The molecule has 1 N–H and O–H groups in total. The maximum absolute atomic E-state index is 4.62. The lowest BCUT2D eigenvalue weighted by atomic mass is 9.82. The summed E-state index contributed by atoms with van der Waals surface area (Å²) in [4.78, 5) is 8.24. The summed E-state index contributed by atoms with van der Waals surface area (Å²) in [5, 5.41) is 2.52. The molecule has 2 aromatic heterocycles. The zero-order valence-corrected chi connectivity index (χ0v) is 13.7. The van der Waals surface area contributed by atoms with Crippen molar-refractivity contribution in [2.75, 3.05) is 0 Å². The third-order valence-electron chi connectivity index (χ3n) is 4.41. The number of rotatable bonds is 1. The topological polar surface area (TPSA) is 28.7 Å². The number of para-hydroxylation sites is 1. The smallest absolute Gasteiger partial charge is 0.0726 e. The van der Waals surface area contributed by atoms with Crippen LogP contribution < -0.4 is 0 Å². The summed E-state index contributed by atoms with van der Waals surface area (Å²) >= 11 is 0. The highest BCUT2D eigenvalue weighted by atomic mass is 14.7. The van der Waals surface area contributed by atoms with E-state index in [2.05, 4.69) is 79.3 Å². The van der Waals surface area contributed by atoms with Crippen molar-refractivity contribution in [3.05, 3.63) is 66.4 Å². The first-order chi connectivity index (χ1) is 11.1. The molecule has 0 aliphatic carbocycles. The highest BCUT2D eigenvalue weighted by Gasteiger charge is 2.22. The average molecular weight is 300 g/mol. The molecule has 0 saturated heterocycles. The molecule has 0 bridgehead atoms. The number of benzene rings is 2. The van der Waals surface area contributed by atoms with E-state index < -0.39 is 0 Å². The Morgan fingerprint density at radius 3 is 2.35 bits per heavy atom. The van der Waals surface area contributed by atoms with Crippen LogP contribution >= 0.6 is 0 Å². The summed E-state index contributed by atoms with van der Waals surface area (Å²) in [7, 11) is 0. The van der Waals surface area contributed by atoms with Gasteiger partial charge in [0.1, 0.15) is 0 Å². The lowest BCUT2D eigenvalue weighted by molar-refractivity contribution is 0.592. The Kier molecular flexibility index (Phi) is 3.02. The summed E-state index contributed by atoms with van der Waals surface area (Å²) in [5.41, 5.74) is 5.96. The van der Waals surface area contributed by atoms with Gasteiger partial charge >= 0.3 is 0 Å². The molecule has 0 spiro atoms. The first-order valence-corrected chi connectivity index (χ1v) is 8.01. The Morgan fingerprint density at radius 1 is 0.826 bits per heavy atom. The van der Waals surface area contributed by atoms with Crippen LogP contribution in [0.5, 0.6) is 0 Å². The first-order valence-electron chi connectivity index (χ1n) is 8.01. The molecule has 2 nitrogen and oxygen atoms in total. The van der Waals surface area contributed by atoms with Crippen LogP contribution in [0.15, 0.2) is 60.8 Å². The van der Waals surface area contributed by atoms with Gasteiger partial charge in [-0.3, -0.25) is 4.98 Å². The van der Waals surface area contributed by atoms with Gasteiger partial charge in [0.15, 0.2) is 0 Å². The van der Waals surface area contributed by atoms with Gasteiger partial charge in [-0.05, 0) is 29.2 Å². The number of aromatic nitrogens is 2. The van der Waals surface area contributed by atoms with Crippen LogP contribution in [0, 0.1) is 0 Å². The molecule has 2 heteroatoms. The van der Waals surface area contributed by atoms with Crippen molar-refractivity contribution < 1.29 is 0 Å². The van der Waals surface area contributed by atoms with Crippen LogP contribution in [0.3, 0.4) is 0 Å². The fraction of sp³-hybridized carbons (Fsp3) is 0.190. The van der Waals surface area contributed by atoms with Crippen LogP contribution in [0.25, 0.3) is 33.1 Å². The summed E-state index contributed by atoms with van der Waals surface area (Å²) in [6.45, 7) is 6.76. The Bertz CT molecular complexity index is 989. The van der Waals surface area contributed by atoms with Gasteiger partial charge in [-0.15, -0.1) is 0 Å². The number of nitrogens with one attached hydrogen (secondary N) is 1. The molecule has 0 saturated carbocycles. The highest BCUT2D eigenvalue weighted by molar-refractivity contribution is 6.12. The summed E-state index contributed by atoms with van der Waals surface area (Å²) in [5.74, 6) is 0. The van der Waals surface area contributed by atoms with Crippen molar-refractivity contribution in [3.63, 3.8) is 0 Å². The first kappa shape index (κ1) is 14.0. The molecular formula is C21H20N2. The van der Waals surface area contributed by atoms with Gasteiger partial charge in [0.25, 0.3) is 0 Å².